The van der Waals surface area contributed by atoms with Crippen LogP contribution in [0.2, 0.25) is 0 Å². The summed E-state index contributed by atoms with van der Waals surface area (Å²) < 4.78 is 0. The van der Waals surface area contributed by atoms with Gasteiger partial charge in [-0.3, -0.25) is 4.79 Å². The maximum absolute atomic E-state index is 10.9. The van der Waals surface area contributed by atoms with Crippen molar-refractivity contribution in [2.24, 2.45) is 5.73 Å². The average molecular weight is 285 g/mol. The number of hydrogen-bond acceptors (Lipinski definition) is 3. The minimum absolute atomic E-state index is 0.0457. The number of nitrogens with zero attached hydrogens (tertiary/aromatic N) is 1. The molecular formula is C16H19N3O2. The largest absolute Gasteiger partial charge is 0.481 e. The second-order valence-corrected chi connectivity index (χ2v) is 6.12. The van der Waals surface area contributed by atoms with Crippen LogP contribution in [0, 0.1) is 0 Å². The summed E-state index contributed by atoms with van der Waals surface area (Å²) in [5.74, 6) is 0.992. The van der Waals surface area contributed by atoms with Crippen LogP contribution in [-0.4, -0.2) is 29.1 Å². The summed E-state index contributed by atoms with van der Waals surface area (Å²) in [6, 6.07) is 5.59. The van der Waals surface area contributed by atoms with Gasteiger partial charge in [-0.25, -0.2) is 0 Å². The van der Waals surface area contributed by atoms with Crippen molar-refractivity contribution in [1.29, 1.82) is 0 Å². The third-order valence-corrected chi connectivity index (χ3v) is 4.90. The molecule has 1 aromatic carbocycles. The van der Waals surface area contributed by atoms with Crippen molar-refractivity contribution in [1.82, 2.24) is 4.98 Å². The van der Waals surface area contributed by atoms with E-state index >= 15 is 0 Å². The molecule has 1 aromatic heterocycles. The minimum atomic E-state index is -0.861. The highest BCUT2D eigenvalue weighted by molar-refractivity contribution is 5.93. The number of fused-ring (bicyclic) bond motifs is 3. The molecule has 1 saturated heterocycles. The summed E-state index contributed by atoms with van der Waals surface area (Å²) in [5, 5.41) is 10.2. The van der Waals surface area contributed by atoms with Crippen LogP contribution >= 0.6 is 0 Å². The van der Waals surface area contributed by atoms with Crippen molar-refractivity contribution >= 4 is 22.7 Å². The van der Waals surface area contributed by atoms with E-state index in [2.05, 4.69) is 16.0 Å². The number of aromatic amines is 1. The molecule has 2 aromatic rings. The molecule has 2 bridgehead atoms. The first kappa shape index (κ1) is 12.7. The van der Waals surface area contributed by atoms with E-state index in [4.69, 9.17) is 10.8 Å². The first-order valence-corrected chi connectivity index (χ1v) is 7.52. The molecule has 5 heteroatoms. The van der Waals surface area contributed by atoms with Gasteiger partial charge in [0.1, 0.15) is 5.82 Å². The number of rotatable bonds is 3. The lowest BCUT2D eigenvalue weighted by Gasteiger charge is -2.40. The van der Waals surface area contributed by atoms with Gasteiger partial charge in [0, 0.05) is 30.1 Å². The number of carboxylic acids is 1. The van der Waals surface area contributed by atoms with Crippen LogP contribution in [0.15, 0.2) is 18.2 Å². The van der Waals surface area contributed by atoms with E-state index in [1.165, 1.54) is 29.6 Å². The number of aromatic nitrogens is 1. The van der Waals surface area contributed by atoms with Crippen molar-refractivity contribution in [3.63, 3.8) is 0 Å². The Morgan fingerprint density at radius 1 is 1.43 bits per heavy atom. The van der Waals surface area contributed by atoms with Gasteiger partial charge in [0.15, 0.2) is 0 Å². The van der Waals surface area contributed by atoms with E-state index in [-0.39, 0.29) is 6.42 Å². The van der Waals surface area contributed by atoms with Crippen molar-refractivity contribution in [3.8, 4) is 0 Å². The molecule has 0 amide bonds. The number of carbonyl (C=O) groups is 1. The van der Waals surface area contributed by atoms with Gasteiger partial charge in [0.25, 0.3) is 0 Å². The predicted octanol–water partition coefficient (Wildman–Crippen LogP) is 2.34. The second-order valence-electron chi connectivity index (χ2n) is 6.12. The average Bonchev–Trinajstić information content (AvgIpc) is 2.89. The van der Waals surface area contributed by atoms with Crippen LogP contribution in [0.5, 0.6) is 0 Å². The molecule has 4 heterocycles. The lowest BCUT2D eigenvalue weighted by molar-refractivity contribution is -0.137. The van der Waals surface area contributed by atoms with Gasteiger partial charge >= 0.3 is 5.97 Å². The molecule has 110 valence electrons. The SMILES string of the molecule is NC(CC(=O)O)c1cccc2c3c([nH]c12)N1CCC3CC1. The third kappa shape index (κ3) is 1.84. The maximum Gasteiger partial charge on any atom is 0.305 e. The Kier molecular flexibility index (Phi) is 2.72. The third-order valence-electron chi connectivity index (χ3n) is 4.90. The highest BCUT2D eigenvalue weighted by atomic mass is 16.4. The van der Waals surface area contributed by atoms with Gasteiger partial charge in [-0.15, -0.1) is 0 Å². The number of nitrogens with one attached hydrogen (secondary N) is 1. The van der Waals surface area contributed by atoms with Gasteiger partial charge in [-0.05, 0) is 24.3 Å². The van der Waals surface area contributed by atoms with E-state index in [0.717, 1.165) is 24.2 Å². The number of H-pyrrole nitrogens is 1. The number of aliphatic carboxylic acids is 1. The summed E-state index contributed by atoms with van der Waals surface area (Å²) >= 11 is 0. The van der Waals surface area contributed by atoms with Crippen molar-refractivity contribution in [2.75, 3.05) is 18.0 Å². The summed E-state index contributed by atoms with van der Waals surface area (Å²) in [4.78, 5) is 16.9. The quantitative estimate of drug-likeness (QED) is 0.808. The summed E-state index contributed by atoms with van der Waals surface area (Å²) in [6.45, 7) is 2.22. The molecule has 0 spiro atoms. The maximum atomic E-state index is 10.9. The molecule has 4 N–H and O–H groups in total. The molecule has 1 atom stereocenters. The van der Waals surface area contributed by atoms with E-state index in [1.54, 1.807) is 0 Å². The molecule has 21 heavy (non-hydrogen) atoms. The Hall–Kier alpha value is -2.01. The van der Waals surface area contributed by atoms with Crippen LogP contribution in [0.1, 0.15) is 42.3 Å². The van der Waals surface area contributed by atoms with Gasteiger partial charge < -0.3 is 20.7 Å². The molecule has 3 aliphatic heterocycles. The molecule has 5 nitrogen and oxygen atoms in total. The molecule has 3 aliphatic rings. The highest BCUT2D eigenvalue weighted by Crippen LogP contribution is 2.46. The summed E-state index contributed by atoms with van der Waals surface area (Å²) in [5.41, 5.74) is 9.43. The number of benzene rings is 1. The number of anilines is 1. The fourth-order valence-corrected chi connectivity index (χ4v) is 3.91. The van der Waals surface area contributed by atoms with Crippen LogP contribution in [0.25, 0.3) is 10.9 Å². The smallest absolute Gasteiger partial charge is 0.305 e. The lowest BCUT2D eigenvalue weighted by Crippen LogP contribution is -2.38. The van der Waals surface area contributed by atoms with E-state index in [1.807, 2.05) is 12.1 Å². The van der Waals surface area contributed by atoms with E-state index < -0.39 is 12.0 Å². The summed E-state index contributed by atoms with van der Waals surface area (Å²) in [6.07, 6.45) is 2.38. The predicted molar refractivity (Wildman–Crippen MR) is 81.7 cm³/mol. The molecule has 0 radical (unpaired) electrons. The number of para-hydroxylation sites is 1. The Morgan fingerprint density at radius 2 is 2.19 bits per heavy atom. The van der Waals surface area contributed by atoms with Crippen molar-refractivity contribution < 1.29 is 9.90 Å². The van der Waals surface area contributed by atoms with Gasteiger partial charge in [-0.2, -0.15) is 0 Å². The summed E-state index contributed by atoms with van der Waals surface area (Å²) in [7, 11) is 0. The first-order chi connectivity index (χ1) is 10.1. The second kappa shape index (κ2) is 4.49. The Morgan fingerprint density at radius 3 is 2.90 bits per heavy atom. The van der Waals surface area contributed by atoms with Crippen molar-refractivity contribution in [3.05, 3.63) is 29.3 Å². The topological polar surface area (TPSA) is 82.4 Å². The molecule has 1 fully saturated rings. The Balaban J connectivity index is 1.88. The lowest BCUT2D eigenvalue weighted by atomic mass is 9.84. The van der Waals surface area contributed by atoms with Gasteiger partial charge in [0.2, 0.25) is 0 Å². The van der Waals surface area contributed by atoms with Crippen LogP contribution in [0.4, 0.5) is 5.82 Å². The van der Waals surface area contributed by atoms with Gasteiger partial charge in [0.05, 0.1) is 11.9 Å². The Labute approximate surface area is 122 Å². The zero-order chi connectivity index (χ0) is 14.6. The number of carboxylic acid groups (broad SMARTS) is 1. The fraction of sp³-hybridized carbons (Fsp3) is 0.438. The standard InChI is InChI=1S/C16H19N3O2/c17-12(8-13(20)21)10-2-1-3-11-14-9-4-6-19(7-5-9)16(14)18-15(10)11/h1-3,9,12,18H,4-8,17H2,(H,20,21). The molecule has 5 rings (SSSR count). The van der Waals surface area contributed by atoms with E-state index in [9.17, 15) is 4.79 Å². The monoisotopic (exact) mass is 285 g/mol. The van der Waals surface area contributed by atoms with Gasteiger partial charge in [-0.1, -0.05) is 18.2 Å². The zero-order valence-corrected chi connectivity index (χ0v) is 11.8. The van der Waals surface area contributed by atoms with Crippen molar-refractivity contribution in [2.45, 2.75) is 31.2 Å². The highest BCUT2D eigenvalue weighted by Gasteiger charge is 2.34. The Bertz CT molecular complexity index is 714. The zero-order valence-electron chi connectivity index (χ0n) is 11.8. The number of nitrogens with two attached hydrogens (primary N) is 1. The first-order valence-electron chi connectivity index (χ1n) is 7.52. The normalized spacial score (nSPS) is 19.0. The molecule has 0 aliphatic carbocycles. The van der Waals surface area contributed by atoms with Crippen LogP contribution in [0.3, 0.4) is 0 Å². The molecule has 1 unspecified atom stereocenters. The van der Waals surface area contributed by atoms with Crippen LogP contribution < -0.4 is 10.6 Å². The fourth-order valence-electron chi connectivity index (χ4n) is 3.91. The molecular weight excluding hydrogens is 266 g/mol. The van der Waals surface area contributed by atoms with E-state index in [0.29, 0.717) is 5.92 Å². The molecule has 0 saturated carbocycles. The minimum Gasteiger partial charge on any atom is -0.481 e. The number of hydrogen-bond donors (Lipinski definition) is 3. The van der Waals surface area contributed by atoms with Crippen LogP contribution in [-0.2, 0) is 4.79 Å². The number of piperidine rings is 1.